The number of aromatic nitrogens is 1. The molecule has 6 heteroatoms. The van der Waals surface area contributed by atoms with E-state index < -0.39 is 0 Å². The lowest BCUT2D eigenvalue weighted by molar-refractivity contribution is 0.627. The van der Waals surface area contributed by atoms with Crippen LogP contribution in [-0.4, -0.2) is 35.3 Å². The van der Waals surface area contributed by atoms with Crippen LogP contribution < -0.4 is 10.6 Å². The van der Waals surface area contributed by atoms with E-state index in [1.54, 1.807) is 12.3 Å². The second-order valence-electron chi connectivity index (χ2n) is 5.31. The maximum Gasteiger partial charge on any atom is 0.129 e. The van der Waals surface area contributed by atoms with Gasteiger partial charge in [0.25, 0.3) is 0 Å². The molecular formula is C16H18N4S2. The second-order valence-corrected chi connectivity index (χ2v) is 6.97. The number of nitrogens with one attached hydrogen (secondary N) is 1. The van der Waals surface area contributed by atoms with E-state index in [1.807, 2.05) is 36.0 Å². The molecule has 4 nitrogen and oxygen atoms in total. The van der Waals surface area contributed by atoms with Crippen LogP contribution in [0.2, 0.25) is 0 Å². The average molecular weight is 330 g/mol. The summed E-state index contributed by atoms with van der Waals surface area (Å²) < 4.78 is 0. The molecule has 1 aromatic heterocycles. The van der Waals surface area contributed by atoms with Crippen LogP contribution in [0.25, 0.3) is 0 Å². The molecule has 0 spiro atoms. The maximum absolute atomic E-state index is 8.43. The van der Waals surface area contributed by atoms with E-state index in [4.69, 9.17) is 11.1 Å². The molecule has 2 aromatic rings. The summed E-state index contributed by atoms with van der Waals surface area (Å²) in [5.41, 5.74) is 8.51. The smallest absolute Gasteiger partial charge is 0.129 e. The molecule has 0 saturated carbocycles. The molecule has 0 atom stereocenters. The number of pyridine rings is 1. The summed E-state index contributed by atoms with van der Waals surface area (Å²) >= 11 is 6.22. The first-order valence-corrected chi connectivity index (χ1v) is 8.73. The zero-order chi connectivity index (χ0) is 15.7. The number of thioether (sulfide) groups is 1. The van der Waals surface area contributed by atoms with Crippen molar-refractivity contribution in [3.05, 3.63) is 47.7 Å². The Balaban J connectivity index is 1.86. The van der Waals surface area contributed by atoms with Gasteiger partial charge in [0.15, 0.2) is 0 Å². The third kappa shape index (κ3) is 2.94. The van der Waals surface area contributed by atoms with Gasteiger partial charge in [0, 0.05) is 46.2 Å². The number of thiol groups is 1. The van der Waals surface area contributed by atoms with Crippen LogP contribution in [0.1, 0.15) is 11.1 Å². The summed E-state index contributed by atoms with van der Waals surface area (Å²) in [7, 11) is 0. The van der Waals surface area contributed by atoms with Crippen molar-refractivity contribution in [1.29, 1.82) is 5.41 Å². The van der Waals surface area contributed by atoms with Gasteiger partial charge in [0.05, 0.1) is 5.71 Å². The molecule has 0 unspecified atom stereocenters. The summed E-state index contributed by atoms with van der Waals surface area (Å²) in [6.45, 7) is 2.03. The van der Waals surface area contributed by atoms with E-state index >= 15 is 0 Å². The molecular weight excluding hydrogens is 312 g/mol. The van der Waals surface area contributed by atoms with E-state index in [-0.39, 0.29) is 0 Å². The van der Waals surface area contributed by atoms with Gasteiger partial charge in [-0.3, -0.25) is 5.41 Å². The van der Waals surface area contributed by atoms with E-state index in [0.717, 1.165) is 29.4 Å². The molecule has 0 bridgehead atoms. The Bertz CT molecular complexity index is 711. The number of benzene rings is 1. The van der Waals surface area contributed by atoms with Gasteiger partial charge in [-0.2, -0.15) is 11.8 Å². The van der Waals surface area contributed by atoms with E-state index in [1.165, 1.54) is 0 Å². The van der Waals surface area contributed by atoms with Crippen LogP contribution in [0, 0.1) is 5.41 Å². The lowest BCUT2D eigenvalue weighted by Gasteiger charge is -2.39. The fourth-order valence-electron chi connectivity index (χ4n) is 2.44. The Hall–Kier alpha value is -1.66. The van der Waals surface area contributed by atoms with Gasteiger partial charge in [-0.1, -0.05) is 0 Å². The monoisotopic (exact) mass is 330 g/mol. The van der Waals surface area contributed by atoms with Crippen molar-refractivity contribution in [3.63, 3.8) is 0 Å². The Morgan fingerprint density at radius 3 is 2.86 bits per heavy atom. The Labute approximate surface area is 140 Å². The first kappa shape index (κ1) is 15.2. The van der Waals surface area contributed by atoms with Crippen molar-refractivity contribution in [1.82, 2.24) is 4.98 Å². The van der Waals surface area contributed by atoms with Crippen LogP contribution >= 0.6 is 24.4 Å². The zero-order valence-electron chi connectivity index (χ0n) is 12.3. The summed E-state index contributed by atoms with van der Waals surface area (Å²) in [6.07, 6.45) is 3.89. The summed E-state index contributed by atoms with van der Waals surface area (Å²) in [4.78, 5) is 7.45. The topological polar surface area (TPSA) is 66.0 Å². The van der Waals surface area contributed by atoms with Gasteiger partial charge in [0.1, 0.15) is 5.82 Å². The van der Waals surface area contributed by atoms with Gasteiger partial charge >= 0.3 is 0 Å². The molecule has 1 aromatic carbocycles. The average Bonchev–Trinajstić information content (AvgIpc) is 2.48. The van der Waals surface area contributed by atoms with Gasteiger partial charge in [-0.25, -0.2) is 4.98 Å². The van der Waals surface area contributed by atoms with E-state index in [0.29, 0.717) is 22.2 Å². The first-order chi connectivity index (χ1) is 10.6. The number of nitrogen functional groups attached to an aromatic ring is 1. The summed E-state index contributed by atoms with van der Waals surface area (Å²) in [6, 6.07) is 9.25. The standard InChI is InChI=1S/C16H18N4S2/c1-22-12-8-20(9-12)15-6-10(4-5-19-15)16(18)13-7-11(21)2-3-14(13)17/h2-7,12,18,21H,8-9,17H2,1H3. The Kier molecular flexibility index (Phi) is 4.31. The molecule has 114 valence electrons. The minimum Gasteiger partial charge on any atom is -0.398 e. The van der Waals surface area contributed by atoms with E-state index in [2.05, 4.69) is 28.8 Å². The van der Waals surface area contributed by atoms with Crippen LogP contribution in [0.5, 0.6) is 0 Å². The molecule has 22 heavy (non-hydrogen) atoms. The number of hydrogen-bond donors (Lipinski definition) is 3. The third-order valence-corrected chi connectivity index (χ3v) is 5.09. The quantitative estimate of drug-likeness (QED) is 0.458. The minimum atomic E-state index is 0.402. The number of hydrogen-bond acceptors (Lipinski definition) is 6. The van der Waals surface area contributed by atoms with Crippen molar-refractivity contribution in [2.45, 2.75) is 10.1 Å². The first-order valence-electron chi connectivity index (χ1n) is 7.00. The summed E-state index contributed by atoms with van der Waals surface area (Å²) in [5.74, 6) is 0.924. The second kappa shape index (κ2) is 6.22. The van der Waals surface area contributed by atoms with Crippen LogP contribution in [0.15, 0.2) is 41.4 Å². The van der Waals surface area contributed by atoms with Crippen LogP contribution in [0.3, 0.4) is 0 Å². The zero-order valence-corrected chi connectivity index (χ0v) is 14.0. The fourth-order valence-corrected chi connectivity index (χ4v) is 3.30. The van der Waals surface area contributed by atoms with Crippen molar-refractivity contribution < 1.29 is 0 Å². The van der Waals surface area contributed by atoms with Gasteiger partial charge in [-0.05, 0) is 36.6 Å². The molecule has 1 saturated heterocycles. The molecule has 3 N–H and O–H groups in total. The highest BCUT2D eigenvalue weighted by Crippen LogP contribution is 2.27. The predicted molar refractivity (Wildman–Crippen MR) is 97.8 cm³/mol. The van der Waals surface area contributed by atoms with Gasteiger partial charge in [-0.15, -0.1) is 12.6 Å². The van der Waals surface area contributed by atoms with Crippen molar-refractivity contribution >= 4 is 41.6 Å². The highest BCUT2D eigenvalue weighted by atomic mass is 32.2. The molecule has 3 rings (SSSR count). The summed E-state index contributed by atoms with van der Waals surface area (Å²) in [5, 5.41) is 9.11. The van der Waals surface area contributed by atoms with Crippen molar-refractivity contribution in [2.75, 3.05) is 30.0 Å². The van der Waals surface area contributed by atoms with Crippen molar-refractivity contribution in [3.8, 4) is 0 Å². The minimum absolute atomic E-state index is 0.402. The molecule has 1 aliphatic heterocycles. The highest BCUT2D eigenvalue weighted by Gasteiger charge is 2.27. The molecule has 1 aliphatic rings. The SMILES string of the molecule is CSC1CN(c2cc(C(=N)c3cc(S)ccc3N)ccn2)C1. The van der Waals surface area contributed by atoms with Crippen LogP contribution in [-0.2, 0) is 0 Å². The van der Waals surface area contributed by atoms with Crippen LogP contribution in [0.4, 0.5) is 11.5 Å². The van der Waals surface area contributed by atoms with Gasteiger partial charge < -0.3 is 10.6 Å². The lowest BCUT2D eigenvalue weighted by atomic mass is 10.0. The largest absolute Gasteiger partial charge is 0.398 e. The fraction of sp³-hybridized carbons (Fsp3) is 0.250. The van der Waals surface area contributed by atoms with Crippen molar-refractivity contribution in [2.24, 2.45) is 0 Å². The number of nitrogens with zero attached hydrogens (tertiary/aromatic N) is 2. The molecule has 0 amide bonds. The molecule has 2 heterocycles. The highest BCUT2D eigenvalue weighted by molar-refractivity contribution is 7.99. The molecule has 1 fully saturated rings. The molecule has 0 aliphatic carbocycles. The Morgan fingerprint density at radius 2 is 2.14 bits per heavy atom. The third-order valence-electron chi connectivity index (χ3n) is 3.85. The van der Waals surface area contributed by atoms with Gasteiger partial charge in [0.2, 0.25) is 0 Å². The van der Waals surface area contributed by atoms with E-state index in [9.17, 15) is 0 Å². The number of anilines is 2. The maximum atomic E-state index is 8.43. The number of nitrogens with two attached hydrogens (primary N) is 1. The predicted octanol–water partition coefficient (Wildman–Crippen LogP) is 2.92. The lowest BCUT2D eigenvalue weighted by Crippen LogP contribution is -2.49. The normalized spacial score (nSPS) is 14.7. The Morgan fingerprint density at radius 1 is 1.36 bits per heavy atom. The number of rotatable bonds is 4. The molecule has 0 radical (unpaired) electrons.